The standard InChI is InChI=1S/C10H9ClN3OS/c1-6-13-14-10(16-6)12-9(15)7-4-2-3-5-8(7)11/h2-6,13H,1H3. The van der Waals surface area contributed by atoms with Crippen LogP contribution in [0.3, 0.4) is 0 Å². The van der Waals surface area contributed by atoms with Gasteiger partial charge < -0.3 is 0 Å². The largest absolute Gasteiger partial charge is 0.281 e. The van der Waals surface area contributed by atoms with Gasteiger partial charge in [0.05, 0.1) is 16.0 Å². The van der Waals surface area contributed by atoms with Gasteiger partial charge in [-0.3, -0.25) is 4.79 Å². The Balaban J connectivity index is 2.18. The second kappa shape index (κ2) is 4.86. The van der Waals surface area contributed by atoms with E-state index < -0.39 is 0 Å². The van der Waals surface area contributed by atoms with Gasteiger partial charge in [-0.05, 0) is 19.1 Å². The van der Waals surface area contributed by atoms with E-state index in [-0.39, 0.29) is 11.3 Å². The highest BCUT2D eigenvalue weighted by Gasteiger charge is 2.19. The normalized spacial score (nSPS) is 22.1. The molecule has 1 aromatic carbocycles. The number of amides is 1. The number of amidine groups is 1. The fraction of sp³-hybridized carbons (Fsp3) is 0.200. The van der Waals surface area contributed by atoms with Gasteiger partial charge in [0.2, 0.25) is 5.17 Å². The molecule has 1 amide bonds. The number of carbonyl (C=O) groups excluding carboxylic acids is 1. The Morgan fingerprint density at radius 3 is 2.94 bits per heavy atom. The van der Waals surface area contributed by atoms with Crippen LogP contribution in [0.5, 0.6) is 0 Å². The lowest BCUT2D eigenvalue weighted by Gasteiger charge is -1.98. The highest BCUT2D eigenvalue weighted by atomic mass is 35.5. The van der Waals surface area contributed by atoms with Crippen LogP contribution in [-0.2, 0) is 0 Å². The van der Waals surface area contributed by atoms with E-state index in [2.05, 4.69) is 15.8 Å². The summed E-state index contributed by atoms with van der Waals surface area (Å²) < 4.78 is 0. The minimum Gasteiger partial charge on any atom is -0.267 e. The molecule has 0 spiro atoms. The van der Waals surface area contributed by atoms with Crippen molar-refractivity contribution in [3.63, 3.8) is 0 Å². The summed E-state index contributed by atoms with van der Waals surface area (Å²) in [6.07, 6.45) is 0. The lowest BCUT2D eigenvalue weighted by molar-refractivity contribution is 0.100. The Bertz CT molecular complexity index is 449. The Morgan fingerprint density at radius 1 is 1.56 bits per heavy atom. The van der Waals surface area contributed by atoms with E-state index in [4.69, 9.17) is 11.6 Å². The lowest BCUT2D eigenvalue weighted by atomic mass is 10.2. The van der Waals surface area contributed by atoms with Crippen molar-refractivity contribution in [2.24, 2.45) is 4.99 Å². The number of benzene rings is 1. The molecule has 1 N–H and O–H groups in total. The molecule has 0 aliphatic carbocycles. The van der Waals surface area contributed by atoms with Crippen molar-refractivity contribution in [1.29, 1.82) is 0 Å². The van der Waals surface area contributed by atoms with Crippen LogP contribution in [0.15, 0.2) is 29.3 Å². The molecule has 1 aliphatic heterocycles. The maximum atomic E-state index is 11.8. The van der Waals surface area contributed by atoms with Gasteiger partial charge in [0.1, 0.15) is 0 Å². The minimum atomic E-state index is -0.368. The summed E-state index contributed by atoms with van der Waals surface area (Å²) in [5, 5.41) is 0.996. The second-order valence-corrected chi connectivity index (χ2v) is 4.90. The van der Waals surface area contributed by atoms with Crippen molar-refractivity contribution in [3.05, 3.63) is 34.9 Å². The molecule has 1 aromatic rings. The van der Waals surface area contributed by atoms with Crippen LogP contribution >= 0.6 is 23.4 Å². The van der Waals surface area contributed by atoms with Crippen LogP contribution < -0.4 is 10.9 Å². The summed E-state index contributed by atoms with van der Waals surface area (Å²) in [6, 6.07) is 6.82. The van der Waals surface area contributed by atoms with Crippen LogP contribution in [0.25, 0.3) is 0 Å². The first-order valence-electron chi connectivity index (χ1n) is 4.67. The van der Waals surface area contributed by atoms with Crippen LogP contribution in [-0.4, -0.2) is 16.4 Å². The zero-order valence-corrected chi connectivity index (χ0v) is 10.0. The molecule has 1 unspecified atom stereocenters. The molecule has 16 heavy (non-hydrogen) atoms. The molecule has 2 rings (SSSR count). The zero-order chi connectivity index (χ0) is 11.5. The third-order valence-corrected chi connectivity index (χ3v) is 3.11. The van der Waals surface area contributed by atoms with Crippen LogP contribution in [0.4, 0.5) is 0 Å². The maximum Gasteiger partial charge on any atom is 0.281 e. The molecule has 0 bridgehead atoms. The monoisotopic (exact) mass is 254 g/mol. The fourth-order valence-corrected chi connectivity index (χ4v) is 2.07. The van der Waals surface area contributed by atoms with Crippen LogP contribution in [0.1, 0.15) is 17.3 Å². The van der Waals surface area contributed by atoms with Gasteiger partial charge in [-0.2, -0.15) is 15.8 Å². The molecule has 6 heteroatoms. The highest BCUT2D eigenvalue weighted by molar-refractivity contribution is 8.14. The van der Waals surface area contributed by atoms with Crippen molar-refractivity contribution >= 4 is 34.4 Å². The van der Waals surface area contributed by atoms with Gasteiger partial charge in [0, 0.05) is 0 Å². The summed E-state index contributed by atoms with van der Waals surface area (Å²) in [7, 11) is 0. The lowest BCUT2D eigenvalue weighted by Crippen LogP contribution is -2.23. The molecule has 1 heterocycles. The van der Waals surface area contributed by atoms with E-state index in [1.165, 1.54) is 11.8 Å². The van der Waals surface area contributed by atoms with E-state index in [9.17, 15) is 4.79 Å². The first kappa shape index (κ1) is 11.4. The fourth-order valence-electron chi connectivity index (χ4n) is 1.19. The number of halogens is 1. The Morgan fingerprint density at radius 2 is 2.31 bits per heavy atom. The average molecular weight is 255 g/mol. The van der Waals surface area contributed by atoms with Gasteiger partial charge in [-0.25, -0.2) is 0 Å². The van der Waals surface area contributed by atoms with Crippen molar-refractivity contribution < 1.29 is 4.79 Å². The van der Waals surface area contributed by atoms with E-state index >= 15 is 0 Å². The molecule has 1 radical (unpaired) electrons. The van der Waals surface area contributed by atoms with Gasteiger partial charge in [0.25, 0.3) is 5.91 Å². The maximum absolute atomic E-state index is 11.8. The smallest absolute Gasteiger partial charge is 0.267 e. The summed E-state index contributed by atoms with van der Waals surface area (Å²) in [4.78, 5) is 15.6. The first-order valence-corrected chi connectivity index (χ1v) is 5.93. The van der Waals surface area contributed by atoms with Crippen molar-refractivity contribution in [2.45, 2.75) is 12.3 Å². The molecule has 1 atom stereocenters. The molecule has 4 nitrogen and oxygen atoms in total. The van der Waals surface area contributed by atoms with E-state index in [1.807, 2.05) is 6.92 Å². The SMILES string of the molecule is CC1N[N]C(=NC(=O)c2ccccc2Cl)S1. The van der Waals surface area contributed by atoms with Crippen LogP contribution in [0, 0.1) is 0 Å². The Kier molecular flexibility index (Phi) is 3.48. The zero-order valence-electron chi connectivity index (χ0n) is 8.48. The summed E-state index contributed by atoms with van der Waals surface area (Å²) in [5.41, 5.74) is 7.12. The molecule has 1 aliphatic rings. The van der Waals surface area contributed by atoms with Crippen molar-refractivity contribution in [1.82, 2.24) is 10.9 Å². The predicted molar refractivity (Wildman–Crippen MR) is 65.5 cm³/mol. The van der Waals surface area contributed by atoms with E-state index in [1.54, 1.807) is 24.3 Å². The van der Waals surface area contributed by atoms with E-state index in [0.29, 0.717) is 15.8 Å². The third-order valence-electron chi connectivity index (χ3n) is 1.93. The number of aliphatic imine (C=N–C) groups is 1. The summed E-state index contributed by atoms with van der Waals surface area (Å²) >= 11 is 7.29. The number of hydrogen-bond donors (Lipinski definition) is 1. The van der Waals surface area contributed by atoms with Crippen molar-refractivity contribution in [3.8, 4) is 0 Å². The Hall–Kier alpha value is -1.04. The van der Waals surface area contributed by atoms with Gasteiger partial charge in [-0.15, -0.1) is 0 Å². The minimum absolute atomic E-state index is 0.151. The number of thioether (sulfide) groups is 1. The molecule has 83 valence electrons. The first-order chi connectivity index (χ1) is 7.66. The van der Waals surface area contributed by atoms with Crippen molar-refractivity contribution in [2.75, 3.05) is 0 Å². The molecule has 1 fully saturated rings. The third kappa shape index (κ3) is 2.55. The molecule has 0 aromatic heterocycles. The molecule has 0 saturated carbocycles. The number of hydrogen-bond acceptors (Lipinski definition) is 3. The summed E-state index contributed by atoms with van der Waals surface area (Å²) in [5.74, 6) is -0.368. The number of rotatable bonds is 1. The molecular weight excluding hydrogens is 246 g/mol. The quantitative estimate of drug-likeness (QED) is 0.834. The molecule has 1 saturated heterocycles. The highest BCUT2D eigenvalue weighted by Crippen LogP contribution is 2.19. The average Bonchev–Trinajstić information content (AvgIpc) is 2.64. The second-order valence-electron chi connectivity index (χ2n) is 3.18. The van der Waals surface area contributed by atoms with Gasteiger partial charge in [-0.1, -0.05) is 35.5 Å². The van der Waals surface area contributed by atoms with E-state index in [0.717, 1.165) is 0 Å². The number of nitrogens with one attached hydrogen (secondary N) is 1. The predicted octanol–water partition coefficient (Wildman–Crippen LogP) is 2.04. The number of nitrogens with zero attached hydrogens (tertiary/aromatic N) is 2. The Labute approximate surface area is 102 Å². The topological polar surface area (TPSA) is 55.6 Å². The van der Waals surface area contributed by atoms with Crippen LogP contribution in [0.2, 0.25) is 5.02 Å². The summed E-state index contributed by atoms with van der Waals surface area (Å²) in [6.45, 7) is 1.94. The van der Waals surface area contributed by atoms with Gasteiger partial charge in [0.15, 0.2) is 0 Å². The van der Waals surface area contributed by atoms with Gasteiger partial charge >= 0.3 is 0 Å². The number of carbonyl (C=O) groups is 1. The molecular formula is C10H9ClN3OS.